The smallest absolute Gasteiger partial charge is 0.0137 e. The van der Waals surface area contributed by atoms with Crippen LogP contribution in [0, 0.1) is 0 Å². The third-order valence-corrected chi connectivity index (χ3v) is 3.03. The Morgan fingerprint density at radius 3 is 2.82 bits per heavy atom. The maximum absolute atomic E-state index is 3.52. The summed E-state index contributed by atoms with van der Waals surface area (Å²) >= 11 is 2.08. The topological polar surface area (TPSA) is 12.0 Å². The van der Waals surface area contributed by atoms with Crippen LogP contribution in [0.3, 0.4) is 0 Å². The summed E-state index contributed by atoms with van der Waals surface area (Å²) in [6.07, 6.45) is 6.98. The van der Waals surface area contributed by atoms with E-state index < -0.39 is 0 Å². The van der Waals surface area contributed by atoms with Gasteiger partial charge in [0.05, 0.1) is 0 Å². The van der Waals surface area contributed by atoms with Gasteiger partial charge in [-0.25, -0.2) is 0 Å². The summed E-state index contributed by atoms with van der Waals surface area (Å²) in [4.78, 5) is 0. The Balaban J connectivity index is 2.04. The fourth-order valence-electron chi connectivity index (χ4n) is 1.25. The van der Waals surface area contributed by atoms with Crippen LogP contribution in [-0.4, -0.2) is 24.1 Å². The Bertz CT molecular complexity index is 117. The van der Waals surface area contributed by atoms with E-state index >= 15 is 0 Å². The van der Waals surface area contributed by atoms with Crippen LogP contribution in [-0.2, 0) is 0 Å². The molecule has 0 saturated carbocycles. The van der Waals surface area contributed by atoms with Crippen LogP contribution >= 0.6 is 11.8 Å². The normalized spacial score (nSPS) is 21.2. The van der Waals surface area contributed by atoms with Gasteiger partial charge in [-0.15, -0.1) is 0 Å². The molecule has 1 heterocycles. The molecule has 1 saturated heterocycles. The van der Waals surface area contributed by atoms with E-state index in [1.807, 2.05) is 0 Å². The van der Waals surface area contributed by atoms with Crippen LogP contribution in [0.2, 0.25) is 0 Å². The van der Waals surface area contributed by atoms with Crippen molar-refractivity contribution in [1.82, 2.24) is 5.32 Å². The molecule has 0 aromatic heterocycles. The quantitative estimate of drug-likeness (QED) is 0.652. The highest BCUT2D eigenvalue weighted by Crippen LogP contribution is 2.16. The Morgan fingerprint density at radius 2 is 2.18 bits per heavy atom. The van der Waals surface area contributed by atoms with Crippen molar-refractivity contribution in [2.75, 3.05) is 18.1 Å². The highest BCUT2D eigenvalue weighted by molar-refractivity contribution is 7.99. The Kier molecular flexibility index (Phi) is 4.71. The molecule has 11 heavy (non-hydrogen) atoms. The molecule has 0 amide bonds. The van der Waals surface area contributed by atoms with Crippen molar-refractivity contribution in [3.05, 3.63) is 12.2 Å². The zero-order chi connectivity index (χ0) is 7.94. The first kappa shape index (κ1) is 9.14. The second-order valence-corrected chi connectivity index (χ2v) is 4.09. The van der Waals surface area contributed by atoms with Gasteiger partial charge in [-0.2, -0.15) is 11.8 Å². The van der Waals surface area contributed by atoms with Crippen molar-refractivity contribution >= 4 is 11.8 Å². The SMILES string of the molecule is C/C=C/CNC1CCSCC1. The van der Waals surface area contributed by atoms with Crippen molar-refractivity contribution < 1.29 is 0 Å². The molecule has 0 aromatic rings. The number of thioether (sulfide) groups is 1. The minimum Gasteiger partial charge on any atom is -0.310 e. The van der Waals surface area contributed by atoms with Gasteiger partial charge in [0, 0.05) is 12.6 Å². The summed E-state index contributed by atoms with van der Waals surface area (Å²) in [7, 11) is 0. The molecule has 0 bridgehead atoms. The van der Waals surface area contributed by atoms with E-state index in [4.69, 9.17) is 0 Å². The predicted molar refractivity (Wildman–Crippen MR) is 53.2 cm³/mol. The number of rotatable bonds is 3. The lowest BCUT2D eigenvalue weighted by atomic mass is 10.1. The molecule has 1 fully saturated rings. The Hall–Kier alpha value is 0.0500. The third-order valence-electron chi connectivity index (χ3n) is 1.98. The maximum atomic E-state index is 3.52. The minimum atomic E-state index is 0.785. The number of nitrogens with one attached hydrogen (secondary N) is 1. The van der Waals surface area contributed by atoms with Crippen LogP contribution in [0.4, 0.5) is 0 Å². The number of hydrogen-bond acceptors (Lipinski definition) is 2. The lowest BCUT2D eigenvalue weighted by molar-refractivity contribution is 0.508. The second-order valence-electron chi connectivity index (χ2n) is 2.86. The zero-order valence-electron chi connectivity index (χ0n) is 7.18. The first-order chi connectivity index (χ1) is 5.43. The Labute approximate surface area is 73.6 Å². The van der Waals surface area contributed by atoms with Crippen LogP contribution in [0.5, 0.6) is 0 Å². The summed E-state index contributed by atoms with van der Waals surface area (Å²) in [6, 6.07) is 0.785. The molecule has 0 radical (unpaired) electrons. The third kappa shape index (κ3) is 3.82. The minimum absolute atomic E-state index is 0.785. The zero-order valence-corrected chi connectivity index (χ0v) is 7.99. The van der Waals surface area contributed by atoms with Gasteiger partial charge in [0.2, 0.25) is 0 Å². The summed E-state index contributed by atoms with van der Waals surface area (Å²) in [6.45, 7) is 3.12. The van der Waals surface area contributed by atoms with Crippen LogP contribution < -0.4 is 5.32 Å². The molecule has 0 unspecified atom stereocenters. The summed E-state index contributed by atoms with van der Waals surface area (Å²) in [5.41, 5.74) is 0. The average Bonchev–Trinajstić information content (AvgIpc) is 2.07. The van der Waals surface area contributed by atoms with Crippen LogP contribution in [0.15, 0.2) is 12.2 Å². The molecule has 0 spiro atoms. The van der Waals surface area contributed by atoms with E-state index in [9.17, 15) is 0 Å². The fourth-order valence-corrected chi connectivity index (χ4v) is 2.36. The van der Waals surface area contributed by atoms with Crippen molar-refractivity contribution in [3.63, 3.8) is 0 Å². The molecular weight excluding hydrogens is 154 g/mol. The van der Waals surface area contributed by atoms with Crippen molar-refractivity contribution in [2.24, 2.45) is 0 Å². The molecular formula is C9H17NS. The summed E-state index contributed by atoms with van der Waals surface area (Å²) < 4.78 is 0. The number of allylic oxidation sites excluding steroid dienone is 1. The fraction of sp³-hybridized carbons (Fsp3) is 0.778. The van der Waals surface area contributed by atoms with Crippen LogP contribution in [0.25, 0.3) is 0 Å². The summed E-state index contributed by atoms with van der Waals surface area (Å²) in [5, 5.41) is 3.52. The standard InChI is InChI=1S/C9H17NS/c1-2-3-6-10-9-4-7-11-8-5-9/h2-3,9-10H,4-8H2,1H3/b3-2+. The first-order valence-electron chi connectivity index (χ1n) is 4.36. The van der Waals surface area contributed by atoms with Crippen LogP contribution in [0.1, 0.15) is 19.8 Å². The lowest BCUT2D eigenvalue weighted by Gasteiger charge is -2.21. The average molecular weight is 171 g/mol. The van der Waals surface area contributed by atoms with Crippen molar-refractivity contribution in [2.45, 2.75) is 25.8 Å². The van der Waals surface area contributed by atoms with Crippen molar-refractivity contribution in [1.29, 1.82) is 0 Å². The van der Waals surface area contributed by atoms with Gasteiger partial charge in [-0.3, -0.25) is 0 Å². The predicted octanol–water partition coefficient (Wildman–Crippen LogP) is 2.05. The highest BCUT2D eigenvalue weighted by atomic mass is 32.2. The molecule has 0 aromatic carbocycles. The number of hydrogen-bond donors (Lipinski definition) is 1. The monoisotopic (exact) mass is 171 g/mol. The first-order valence-corrected chi connectivity index (χ1v) is 5.51. The van der Waals surface area contributed by atoms with E-state index in [-0.39, 0.29) is 0 Å². The van der Waals surface area contributed by atoms with Gasteiger partial charge in [0.15, 0.2) is 0 Å². The van der Waals surface area contributed by atoms with Gasteiger partial charge in [-0.1, -0.05) is 12.2 Å². The highest BCUT2D eigenvalue weighted by Gasteiger charge is 2.11. The van der Waals surface area contributed by atoms with Gasteiger partial charge in [0.1, 0.15) is 0 Å². The maximum Gasteiger partial charge on any atom is 0.0137 e. The van der Waals surface area contributed by atoms with E-state index in [1.54, 1.807) is 0 Å². The molecule has 0 aliphatic carbocycles. The molecule has 0 atom stereocenters. The second kappa shape index (κ2) is 5.67. The van der Waals surface area contributed by atoms with Crippen molar-refractivity contribution in [3.8, 4) is 0 Å². The Morgan fingerprint density at radius 1 is 1.45 bits per heavy atom. The van der Waals surface area contributed by atoms with E-state index in [1.165, 1.54) is 24.3 Å². The molecule has 1 N–H and O–H groups in total. The molecule has 64 valence electrons. The van der Waals surface area contributed by atoms with Gasteiger partial charge >= 0.3 is 0 Å². The largest absolute Gasteiger partial charge is 0.310 e. The lowest BCUT2D eigenvalue weighted by Crippen LogP contribution is -2.32. The van der Waals surface area contributed by atoms with Gasteiger partial charge in [0.25, 0.3) is 0 Å². The van der Waals surface area contributed by atoms with Gasteiger partial charge in [-0.05, 0) is 31.3 Å². The molecule has 1 rings (SSSR count). The van der Waals surface area contributed by atoms with Gasteiger partial charge < -0.3 is 5.32 Å². The van der Waals surface area contributed by atoms with E-state index in [0.29, 0.717) is 0 Å². The molecule has 1 nitrogen and oxygen atoms in total. The molecule has 2 heteroatoms. The van der Waals surface area contributed by atoms with E-state index in [0.717, 1.165) is 12.6 Å². The molecule has 1 aliphatic rings. The summed E-state index contributed by atoms with van der Waals surface area (Å²) in [5.74, 6) is 2.68. The van der Waals surface area contributed by atoms with E-state index in [2.05, 4.69) is 36.2 Å². The molecule has 1 aliphatic heterocycles.